The second-order valence-electron chi connectivity index (χ2n) is 13.5. The molecule has 11 nitrogen and oxygen atoms in total. The molecule has 4 rings (SSSR count). The van der Waals surface area contributed by atoms with Crippen LogP contribution < -0.4 is 9.62 Å². The molecule has 1 fully saturated rings. The molecule has 0 radical (unpaired) electrons. The molecule has 13 heteroatoms. The van der Waals surface area contributed by atoms with E-state index in [1.807, 2.05) is 48.5 Å². The molecule has 3 atom stereocenters. The number of benzene rings is 3. The zero-order valence-electron chi connectivity index (χ0n) is 29.9. The van der Waals surface area contributed by atoms with Gasteiger partial charge in [-0.15, -0.1) is 0 Å². The number of halogens is 1. The van der Waals surface area contributed by atoms with Crippen LogP contribution in [0.25, 0.3) is 0 Å². The summed E-state index contributed by atoms with van der Waals surface area (Å²) < 4.78 is 49.7. The van der Waals surface area contributed by atoms with Crippen molar-refractivity contribution in [1.82, 2.24) is 4.72 Å². The van der Waals surface area contributed by atoms with E-state index in [2.05, 4.69) is 4.72 Å². The van der Waals surface area contributed by atoms with Gasteiger partial charge in [-0.05, 0) is 97.9 Å². The minimum Gasteiger partial charge on any atom is -0.458 e. The van der Waals surface area contributed by atoms with E-state index in [-0.39, 0.29) is 11.9 Å². The Morgan fingerprint density at radius 3 is 2.04 bits per heavy atom. The molecule has 0 unspecified atom stereocenters. The van der Waals surface area contributed by atoms with Gasteiger partial charge in [0.15, 0.2) is 5.60 Å². The van der Waals surface area contributed by atoms with Gasteiger partial charge in [0.25, 0.3) is 0 Å². The van der Waals surface area contributed by atoms with Gasteiger partial charge in [-0.25, -0.2) is 17.5 Å². The molecule has 52 heavy (non-hydrogen) atoms. The summed E-state index contributed by atoms with van der Waals surface area (Å²) in [6.07, 6.45) is 4.94. The Balaban J connectivity index is 1.49. The quantitative estimate of drug-likeness (QED) is 0.0815. The third kappa shape index (κ3) is 11.4. The Morgan fingerprint density at radius 1 is 0.885 bits per heavy atom. The van der Waals surface area contributed by atoms with E-state index in [0.29, 0.717) is 57.1 Å². The molecule has 0 bridgehead atoms. The first-order valence-corrected chi connectivity index (χ1v) is 19.4. The highest BCUT2D eigenvalue weighted by Crippen LogP contribution is 2.46. The van der Waals surface area contributed by atoms with Crippen LogP contribution in [0.3, 0.4) is 0 Å². The van der Waals surface area contributed by atoms with E-state index < -0.39 is 58.6 Å². The third-order valence-electron chi connectivity index (χ3n) is 9.33. The highest BCUT2D eigenvalue weighted by atomic mass is 32.2. The molecule has 3 N–H and O–H groups in total. The maximum absolute atomic E-state index is 13.8. The monoisotopic (exact) mass is 740 g/mol. The lowest BCUT2D eigenvalue weighted by atomic mass is 9.78. The number of anilines is 1. The fourth-order valence-corrected chi connectivity index (χ4v) is 7.18. The molecule has 3 aromatic rings. The number of rotatable bonds is 20. The first kappa shape index (κ1) is 40.6. The van der Waals surface area contributed by atoms with Gasteiger partial charge in [0.2, 0.25) is 15.9 Å². The predicted molar refractivity (Wildman–Crippen MR) is 194 cm³/mol. The van der Waals surface area contributed by atoms with E-state index in [1.54, 1.807) is 17.0 Å². The van der Waals surface area contributed by atoms with Crippen LogP contribution in [0.15, 0.2) is 72.8 Å². The Hall–Kier alpha value is -4.17. The number of hydrogen-bond donors (Lipinski definition) is 3. The van der Waals surface area contributed by atoms with Crippen LogP contribution in [0.2, 0.25) is 0 Å². The number of aliphatic hydroxyl groups excluding tert-OH is 2. The normalized spacial score (nSPS) is 16.7. The Labute approximate surface area is 305 Å². The first-order valence-electron chi connectivity index (χ1n) is 17.5. The summed E-state index contributed by atoms with van der Waals surface area (Å²) in [6.45, 7) is 1.96. The summed E-state index contributed by atoms with van der Waals surface area (Å²) in [7, 11) is -3.26. The van der Waals surface area contributed by atoms with Gasteiger partial charge in [0.1, 0.15) is 11.9 Å². The van der Waals surface area contributed by atoms with Gasteiger partial charge in [0.05, 0.1) is 31.4 Å². The summed E-state index contributed by atoms with van der Waals surface area (Å²) in [6, 6.07) is 21.2. The van der Waals surface area contributed by atoms with Crippen LogP contribution in [-0.4, -0.2) is 68.1 Å². The van der Waals surface area contributed by atoms with Gasteiger partial charge in [0, 0.05) is 26.1 Å². The maximum Gasteiger partial charge on any atom is 0.303 e. The van der Waals surface area contributed by atoms with Gasteiger partial charge < -0.3 is 24.6 Å². The number of β-lactam (4-membered cyclic amide) rings is 1. The average molecular weight is 741 g/mol. The van der Waals surface area contributed by atoms with Crippen molar-refractivity contribution in [3.05, 3.63) is 101 Å². The SMILES string of the molecule is CC(=O)O[C@@H](CC[C@H]1C(=O)N(c2ccc(CCCNS(C)(=O)=O)cc2)[C@@H]1c1ccc(CCCCC(CO)(CO)OC(C)=O)cc1)c1ccc(F)cc1. The number of aryl methyl sites for hydroxylation is 2. The summed E-state index contributed by atoms with van der Waals surface area (Å²) in [5, 5.41) is 19.5. The number of ether oxygens (including phenoxy) is 2. The van der Waals surface area contributed by atoms with Crippen molar-refractivity contribution < 1.29 is 46.9 Å². The molecule has 282 valence electrons. The van der Waals surface area contributed by atoms with Crippen LogP contribution >= 0.6 is 0 Å². The molecule has 1 saturated heterocycles. The van der Waals surface area contributed by atoms with E-state index in [1.165, 1.54) is 26.0 Å². The number of carbonyl (C=O) groups is 3. The number of sulfonamides is 1. The van der Waals surface area contributed by atoms with E-state index in [4.69, 9.17) is 9.47 Å². The number of hydrogen-bond acceptors (Lipinski definition) is 9. The third-order valence-corrected chi connectivity index (χ3v) is 10.1. The molecule has 1 aliphatic heterocycles. The number of carbonyl (C=O) groups excluding carboxylic acids is 3. The number of unbranched alkanes of at least 4 members (excludes halogenated alkanes) is 1. The van der Waals surface area contributed by atoms with Crippen LogP contribution in [0.5, 0.6) is 0 Å². The summed E-state index contributed by atoms with van der Waals surface area (Å²) in [5.74, 6) is -1.91. The zero-order valence-corrected chi connectivity index (χ0v) is 30.7. The van der Waals surface area contributed by atoms with Gasteiger partial charge in [-0.1, -0.05) is 48.5 Å². The molecule has 1 aliphatic rings. The Bertz CT molecular complexity index is 1750. The van der Waals surface area contributed by atoms with Crippen molar-refractivity contribution in [3.8, 4) is 0 Å². The average Bonchev–Trinajstić information content (AvgIpc) is 3.10. The molecule has 3 aromatic carbocycles. The van der Waals surface area contributed by atoms with Crippen molar-refractivity contribution in [2.24, 2.45) is 5.92 Å². The predicted octanol–water partition coefficient (Wildman–Crippen LogP) is 5.10. The zero-order chi connectivity index (χ0) is 37.9. The van der Waals surface area contributed by atoms with Crippen LogP contribution in [0, 0.1) is 11.7 Å². The van der Waals surface area contributed by atoms with Gasteiger partial charge >= 0.3 is 11.9 Å². The minimum absolute atomic E-state index is 0.0658. The maximum atomic E-state index is 13.8. The van der Waals surface area contributed by atoms with E-state index >= 15 is 0 Å². The fraction of sp³-hybridized carbons (Fsp3) is 0.462. The molecule has 0 aliphatic carbocycles. The van der Waals surface area contributed by atoms with Crippen molar-refractivity contribution in [3.63, 3.8) is 0 Å². The molecule has 0 aromatic heterocycles. The number of nitrogens with one attached hydrogen (secondary N) is 1. The topological polar surface area (TPSA) is 160 Å². The molecule has 1 amide bonds. The molecule has 0 spiro atoms. The largest absolute Gasteiger partial charge is 0.458 e. The number of nitrogens with zero attached hydrogens (tertiary/aromatic N) is 1. The van der Waals surface area contributed by atoms with Crippen LogP contribution in [-0.2, 0) is 46.7 Å². The van der Waals surface area contributed by atoms with Crippen LogP contribution in [0.1, 0.15) is 86.8 Å². The molecular formula is C39H49FN2O9S. The van der Waals surface area contributed by atoms with E-state index in [9.17, 15) is 37.4 Å². The first-order chi connectivity index (χ1) is 24.7. The van der Waals surface area contributed by atoms with Gasteiger partial charge in [-0.3, -0.25) is 14.4 Å². The Morgan fingerprint density at radius 2 is 1.48 bits per heavy atom. The number of esters is 2. The van der Waals surface area contributed by atoms with Crippen molar-refractivity contribution in [2.45, 2.75) is 83.0 Å². The smallest absolute Gasteiger partial charge is 0.303 e. The minimum atomic E-state index is -3.26. The van der Waals surface area contributed by atoms with Crippen molar-refractivity contribution in [1.29, 1.82) is 0 Å². The second-order valence-corrected chi connectivity index (χ2v) is 15.3. The number of amides is 1. The molecule has 1 heterocycles. The standard InChI is InChI=1S/C39H49FN2O9S/c1-27(45)50-36(31-15-17-33(40)18-16-31)22-21-35-37(42(38(35)47)34-19-11-30(12-20-34)8-6-24-41-52(3,48)49)32-13-9-29(10-14-32)7-4-5-23-39(25-43,26-44)51-28(2)46/h9-20,35-37,41,43-44H,4-8,21-26H2,1-3H3/t35-,36+,37-/m1/s1. The van der Waals surface area contributed by atoms with Crippen LogP contribution in [0.4, 0.5) is 10.1 Å². The summed E-state index contributed by atoms with van der Waals surface area (Å²) >= 11 is 0. The molecular weight excluding hydrogens is 691 g/mol. The van der Waals surface area contributed by atoms with E-state index in [0.717, 1.165) is 35.1 Å². The highest BCUT2D eigenvalue weighted by molar-refractivity contribution is 7.88. The lowest BCUT2D eigenvalue weighted by molar-refractivity contribution is -0.168. The fourth-order valence-electron chi connectivity index (χ4n) is 6.66. The second kappa shape index (κ2) is 18.5. The number of aliphatic hydroxyl groups is 2. The summed E-state index contributed by atoms with van der Waals surface area (Å²) in [4.78, 5) is 39.0. The summed E-state index contributed by atoms with van der Waals surface area (Å²) in [5.41, 5.74) is 3.08. The van der Waals surface area contributed by atoms with Crippen molar-refractivity contribution >= 4 is 33.6 Å². The lowest BCUT2D eigenvalue weighted by Gasteiger charge is -2.48. The highest BCUT2D eigenvalue weighted by Gasteiger charge is 2.48. The lowest BCUT2D eigenvalue weighted by Crippen LogP contribution is -2.55. The Kier molecular flexibility index (Phi) is 14.5. The molecule has 0 saturated carbocycles. The van der Waals surface area contributed by atoms with Crippen molar-refractivity contribution in [2.75, 3.05) is 30.9 Å². The van der Waals surface area contributed by atoms with Gasteiger partial charge in [-0.2, -0.15) is 0 Å².